The Hall–Kier alpha value is -0.940. The summed E-state index contributed by atoms with van der Waals surface area (Å²) in [6.45, 7) is 6.72. The average Bonchev–Trinajstić information content (AvgIpc) is 2.23. The molecule has 0 saturated carbocycles. The number of hydrogen-bond acceptors (Lipinski definition) is 2. The molecule has 1 aromatic carbocycles. The Bertz CT molecular complexity index is 455. The number of ether oxygens (including phenoxy) is 1. The summed E-state index contributed by atoms with van der Waals surface area (Å²) in [5, 5.41) is 3.53. The molecule has 1 rings (SSSR count). The second-order valence-corrected chi connectivity index (χ2v) is 6.12. The molecular formula is C14H19ClF3NO. The van der Waals surface area contributed by atoms with Gasteiger partial charge in [-0.1, -0.05) is 17.7 Å². The fraction of sp³-hybridized carbons (Fsp3) is 0.571. The van der Waals surface area contributed by atoms with Gasteiger partial charge in [-0.3, -0.25) is 0 Å². The van der Waals surface area contributed by atoms with Crippen LogP contribution in [0.1, 0.15) is 39.3 Å². The monoisotopic (exact) mass is 309 g/mol. The summed E-state index contributed by atoms with van der Waals surface area (Å²) >= 11 is 5.95. The van der Waals surface area contributed by atoms with Gasteiger partial charge in [-0.2, -0.15) is 13.2 Å². The maximum absolute atomic E-state index is 12.1. The van der Waals surface area contributed by atoms with Gasteiger partial charge in [-0.05, 0) is 45.4 Å². The quantitative estimate of drug-likeness (QED) is 0.868. The maximum atomic E-state index is 12.1. The topological polar surface area (TPSA) is 21.3 Å². The molecule has 0 saturated heterocycles. The van der Waals surface area contributed by atoms with E-state index < -0.39 is 12.8 Å². The molecule has 1 atom stereocenters. The first-order valence-corrected chi connectivity index (χ1v) is 6.62. The summed E-state index contributed by atoms with van der Waals surface area (Å²) in [5.41, 5.74) is 0.821. The first-order chi connectivity index (χ1) is 8.98. The largest absolute Gasteiger partial charge is 0.483 e. The minimum atomic E-state index is -4.37. The zero-order valence-corrected chi connectivity index (χ0v) is 12.7. The smallest absolute Gasteiger partial charge is 0.422 e. The van der Waals surface area contributed by atoms with E-state index in [4.69, 9.17) is 11.6 Å². The molecule has 0 aromatic heterocycles. The van der Waals surface area contributed by atoms with Crippen LogP contribution in [-0.2, 0) is 0 Å². The van der Waals surface area contributed by atoms with Gasteiger partial charge < -0.3 is 10.1 Å². The fourth-order valence-corrected chi connectivity index (χ4v) is 2.04. The second-order valence-electron chi connectivity index (χ2n) is 5.71. The lowest BCUT2D eigenvalue weighted by Gasteiger charge is -2.26. The molecular weight excluding hydrogens is 291 g/mol. The fourth-order valence-electron chi connectivity index (χ4n) is 1.80. The average molecular weight is 310 g/mol. The summed E-state index contributed by atoms with van der Waals surface area (Å²) in [6.07, 6.45) is -4.37. The van der Waals surface area contributed by atoms with E-state index in [-0.39, 0.29) is 22.4 Å². The van der Waals surface area contributed by atoms with Crippen molar-refractivity contribution >= 4 is 11.6 Å². The number of halogens is 4. The molecule has 0 aliphatic carbocycles. The minimum absolute atomic E-state index is 0.0316. The number of rotatable bonds is 4. The van der Waals surface area contributed by atoms with Crippen molar-refractivity contribution in [1.29, 1.82) is 0 Å². The normalized spacial score (nSPS) is 14.2. The van der Waals surface area contributed by atoms with E-state index in [1.54, 1.807) is 12.1 Å². The Kier molecular flexibility index (Phi) is 5.33. The Balaban J connectivity index is 2.77. The predicted octanol–water partition coefficient (Wildman–Crippen LogP) is 4.73. The van der Waals surface area contributed by atoms with E-state index in [1.807, 2.05) is 27.7 Å². The molecule has 6 heteroatoms. The standard InChI is InChI=1S/C14H19ClF3NO/c1-9(19-13(2,3)4)10-5-6-12(11(15)7-10)20-8-14(16,17)18/h5-7,9,19H,8H2,1-4H3. The number of hydrogen-bond donors (Lipinski definition) is 1. The van der Waals surface area contributed by atoms with Gasteiger partial charge in [0, 0.05) is 11.6 Å². The van der Waals surface area contributed by atoms with Crippen molar-refractivity contribution in [3.63, 3.8) is 0 Å². The molecule has 0 bridgehead atoms. The van der Waals surface area contributed by atoms with Crippen molar-refractivity contribution in [2.45, 2.75) is 45.5 Å². The molecule has 0 heterocycles. The van der Waals surface area contributed by atoms with Gasteiger partial charge in [0.25, 0.3) is 0 Å². The lowest BCUT2D eigenvalue weighted by molar-refractivity contribution is -0.153. The van der Waals surface area contributed by atoms with Crippen molar-refractivity contribution in [2.24, 2.45) is 0 Å². The highest BCUT2D eigenvalue weighted by Crippen LogP contribution is 2.30. The van der Waals surface area contributed by atoms with Crippen LogP contribution in [0.15, 0.2) is 18.2 Å². The molecule has 0 fully saturated rings. The molecule has 0 aliphatic rings. The lowest BCUT2D eigenvalue weighted by atomic mass is 10.0. The summed E-state index contributed by atoms with van der Waals surface area (Å²) in [4.78, 5) is 0. The highest BCUT2D eigenvalue weighted by molar-refractivity contribution is 6.32. The van der Waals surface area contributed by atoms with E-state index in [9.17, 15) is 13.2 Å². The highest BCUT2D eigenvalue weighted by Gasteiger charge is 2.28. The molecule has 114 valence electrons. The van der Waals surface area contributed by atoms with Crippen molar-refractivity contribution in [1.82, 2.24) is 5.32 Å². The van der Waals surface area contributed by atoms with Gasteiger partial charge in [-0.15, -0.1) is 0 Å². The molecule has 1 unspecified atom stereocenters. The van der Waals surface area contributed by atoms with E-state index in [2.05, 4.69) is 10.1 Å². The third-order valence-corrected chi connectivity index (χ3v) is 2.79. The zero-order chi connectivity index (χ0) is 15.6. The SMILES string of the molecule is CC(NC(C)(C)C)c1ccc(OCC(F)(F)F)c(Cl)c1. The molecule has 0 radical (unpaired) electrons. The molecule has 0 amide bonds. The summed E-state index contributed by atoms with van der Waals surface area (Å²) in [6, 6.07) is 4.83. The molecule has 1 N–H and O–H groups in total. The van der Waals surface area contributed by atoms with Crippen LogP contribution in [0.4, 0.5) is 13.2 Å². The lowest BCUT2D eigenvalue weighted by Crippen LogP contribution is -2.37. The third kappa shape index (κ3) is 6.01. The van der Waals surface area contributed by atoms with Crippen molar-refractivity contribution in [3.05, 3.63) is 28.8 Å². The summed E-state index contributed by atoms with van der Waals surface area (Å²) in [7, 11) is 0. The van der Waals surface area contributed by atoms with Crippen LogP contribution in [0.3, 0.4) is 0 Å². The van der Waals surface area contributed by atoms with Crippen LogP contribution in [0, 0.1) is 0 Å². The Morgan fingerprint density at radius 2 is 1.85 bits per heavy atom. The highest BCUT2D eigenvalue weighted by atomic mass is 35.5. The van der Waals surface area contributed by atoms with Crippen molar-refractivity contribution in [2.75, 3.05) is 6.61 Å². The van der Waals surface area contributed by atoms with Gasteiger partial charge >= 0.3 is 6.18 Å². The minimum Gasteiger partial charge on any atom is -0.483 e. The Morgan fingerprint density at radius 3 is 2.30 bits per heavy atom. The van der Waals surface area contributed by atoms with Gasteiger partial charge in [-0.25, -0.2) is 0 Å². The number of nitrogens with one attached hydrogen (secondary N) is 1. The van der Waals surface area contributed by atoms with Crippen LogP contribution < -0.4 is 10.1 Å². The first kappa shape index (κ1) is 17.1. The van der Waals surface area contributed by atoms with E-state index in [1.165, 1.54) is 6.07 Å². The molecule has 0 aliphatic heterocycles. The zero-order valence-electron chi connectivity index (χ0n) is 11.9. The van der Waals surface area contributed by atoms with Gasteiger partial charge in [0.1, 0.15) is 5.75 Å². The van der Waals surface area contributed by atoms with Crippen molar-refractivity contribution in [3.8, 4) is 5.75 Å². The van der Waals surface area contributed by atoms with Crippen LogP contribution in [0.5, 0.6) is 5.75 Å². The van der Waals surface area contributed by atoms with Gasteiger partial charge in [0.05, 0.1) is 5.02 Å². The first-order valence-electron chi connectivity index (χ1n) is 6.25. The number of alkyl halides is 3. The Morgan fingerprint density at radius 1 is 1.25 bits per heavy atom. The number of benzene rings is 1. The second kappa shape index (κ2) is 6.22. The predicted molar refractivity (Wildman–Crippen MR) is 74.3 cm³/mol. The molecule has 2 nitrogen and oxygen atoms in total. The third-order valence-electron chi connectivity index (χ3n) is 2.50. The van der Waals surface area contributed by atoms with Crippen LogP contribution in [-0.4, -0.2) is 18.3 Å². The van der Waals surface area contributed by atoms with Crippen LogP contribution >= 0.6 is 11.6 Å². The van der Waals surface area contributed by atoms with E-state index in [0.29, 0.717) is 0 Å². The van der Waals surface area contributed by atoms with E-state index in [0.717, 1.165) is 5.56 Å². The van der Waals surface area contributed by atoms with E-state index >= 15 is 0 Å². The van der Waals surface area contributed by atoms with Crippen molar-refractivity contribution < 1.29 is 17.9 Å². The Labute approximate surface area is 122 Å². The van der Waals surface area contributed by atoms with Gasteiger partial charge in [0.15, 0.2) is 6.61 Å². The molecule has 0 spiro atoms. The molecule has 1 aromatic rings. The molecule has 20 heavy (non-hydrogen) atoms. The van der Waals surface area contributed by atoms with Gasteiger partial charge in [0.2, 0.25) is 0 Å². The maximum Gasteiger partial charge on any atom is 0.422 e. The van der Waals surface area contributed by atoms with Crippen LogP contribution in [0.2, 0.25) is 5.02 Å². The van der Waals surface area contributed by atoms with Crippen LogP contribution in [0.25, 0.3) is 0 Å². The summed E-state index contributed by atoms with van der Waals surface area (Å²) in [5.74, 6) is 0.0377. The summed E-state index contributed by atoms with van der Waals surface area (Å²) < 4.78 is 40.9.